The third-order valence-electron chi connectivity index (χ3n) is 2.53. The highest BCUT2D eigenvalue weighted by molar-refractivity contribution is 7.09. The van der Waals surface area contributed by atoms with Gasteiger partial charge in [-0.05, 0) is 13.0 Å². The van der Waals surface area contributed by atoms with Crippen molar-refractivity contribution in [1.29, 1.82) is 0 Å². The first kappa shape index (κ1) is 11.3. The van der Waals surface area contributed by atoms with E-state index in [0.29, 0.717) is 0 Å². The highest BCUT2D eigenvalue weighted by atomic mass is 32.1. The van der Waals surface area contributed by atoms with Gasteiger partial charge in [0.2, 0.25) is 0 Å². The van der Waals surface area contributed by atoms with E-state index in [1.807, 2.05) is 16.9 Å². The van der Waals surface area contributed by atoms with Crippen LogP contribution in [0.4, 0.5) is 0 Å². The minimum atomic E-state index is 0.133. The number of hydrogen-bond acceptors (Lipinski definition) is 3. The van der Waals surface area contributed by atoms with Gasteiger partial charge < -0.3 is 0 Å². The molecular formula is C12H17N3S. The van der Waals surface area contributed by atoms with Crippen LogP contribution >= 0.6 is 11.3 Å². The molecule has 2 aromatic heterocycles. The van der Waals surface area contributed by atoms with Crippen molar-refractivity contribution in [3.63, 3.8) is 0 Å². The van der Waals surface area contributed by atoms with E-state index in [4.69, 9.17) is 0 Å². The van der Waals surface area contributed by atoms with Gasteiger partial charge in [0.1, 0.15) is 5.01 Å². The summed E-state index contributed by atoms with van der Waals surface area (Å²) in [4.78, 5) is 4.66. The predicted octanol–water partition coefficient (Wildman–Crippen LogP) is 2.99. The third kappa shape index (κ3) is 2.32. The maximum Gasteiger partial charge on any atom is 0.114 e. The van der Waals surface area contributed by atoms with E-state index in [1.54, 1.807) is 11.3 Å². The summed E-state index contributed by atoms with van der Waals surface area (Å²) in [6, 6.07) is 2.01. The molecule has 4 heteroatoms. The largest absolute Gasteiger partial charge is 0.263 e. The van der Waals surface area contributed by atoms with E-state index in [1.165, 1.54) is 5.69 Å². The first-order chi connectivity index (χ1) is 7.47. The summed E-state index contributed by atoms with van der Waals surface area (Å²) in [5.41, 5.74) is 2.47. The van der Waals surface area contributed by atoms with Crippen molar-refractivity contribution in [2.75, 3.05) is 0 Å². The fraction of sp³-hybridized carbons (Fsp3) is 0.500. The van der Waals surface area contributed by atoms with Crippen molar-refractivity contribution in [2.45, 2.75) is 39.7 Å². The predicted molar refractivity (Wildman–Crippen MR) is 66.9 cm³/mol. The Kier molecular flexibility index (Phi) is 2.84. The van der Waals surface area contributed by atoms with Crippen LogP contribution in [0.1, 0.15) is 37.2 Å². The Morgan fingerprint density at radius 1 is 1.38 bits per heavy atom. The molecule has 0 fully saturated rings. The van der Waals surface area contributed by atoms with E-state index in [0.717, 1.165) is 17.2 Å². The van der Waals surface area contributed by atoms with Gasteiger partial charge in [-0.15, -0.1) is 11.3 Å². The second-order valence-electron chi connectivity index (χ2n) is 5.01. The first-order valence-corrected chi connectivity index (χ1v) is 6.28. The zero-order valence-corrected chi connectivity index (χ0v) is 11.0. The van der Waals surface area contributed by atoms with Crippen LogP contribution in [0.25, 0.3) is 0 Å². The fourth-order valence-corrected chi connectivity index (χ4v) is 2.42. The fourth-order valence-electron chi connectivity index (χ4n) is 1.42. The van der Waals surface area contributed by atoms with Crippen LogP contribution in [-0.4, -0.2) is 14.8 Å². The summed E-state index contributed by atoms with van der Waals surface area (Å²) in [7, 11) is 0. The van der Waals surface area contributed by atoms with Gasteiger partial charge in [0.15, 0.2) is 0 Å². The van der Waals surface area contributed by atoms with E-state index >= 15 is 0 Å². The van der Waals surface area contributed by atoms with Crippen LogP contribution in [0.15, 0.2) is 17.6 Å². The number of aromatic nitrogens is 3. The Balaban J connectivity index is 2.18. The first-order valence-electron chi connectivity index (χ1n) is 5.40. The molecule has 0 unspecified atom stereocenters. The summed E-state index contributed by atoms with van der Waals surface area (Å²) in [5, 5.41) is 7.53. The van der Waals surface area contributed by atoms with E-state index in [-0.39, 0.29) is 5.41 Å². The molecule has 0 saturated heterocycles. The van der Waals surface area contributed by atoms with Crippen LogP contribution < -0.4 is 0 Å². The second-order valence-corrected chi connectivity index (χ2v) is 5.95. The maximum absolute atomic E-state index is 4.66. The molecule has 0 bridgehead atoms. The van der Waals surface area contributed by atoms with Crippen LogP contribution in [-0.2, 0) is 12.0 Å². The lowest BCUT2D eigenvalue weighted by Crippen LogP contribution is -2.12. The summed E-state index contributed by atoms with van der Waals surface area (Å²) in [5.74, 6) is 0. The molecule has 0 aromatic carbocycles. The zero-order chi connectivity index (χ0) is 11.8. The molecule has 0 amide bonds. The highest BCUT2D eigenvalue weighted by Gasteiger charge is 2.17. The van der Waals surface area contributed by atoms with E-state index < -0.39 is 0 Å². The van der Waals surface area contributed by atoms with Crippen molar-refractivity contribution < 1.29 is 0 Å². The van der Waals surface area contributed by atoms with Crippen molar-refractivity contribution in [3.05, 3.63) is 34.0 Å². The van der Waals surface area contributed by atoms with Gasteiger partial charge in [-0.1, -0.05) is 20.8 Å². The molecule has 0 spiro atoms. The molecule has 0 N–H and O–H groups in total. The molecule has 3 nitrogen and oxygen atoms in total. The number of nitrogens with zero attached hydrogens (tertiary/aromatic N) is 3. The lowest BCUT2D eigenvalue weighted by molar-refractivity contribution is 0.567. The Morgan fingerprint density at radius 2 is 2.12 bits per heavy atom. The summed E-state index contributed by atoms with van der Waals surface area (Å²) < 4.78 is 1.98. The van der Waals surface area contributed by atoms with Crippen molar-refractivity contribution in [2.24, 2.45) is 0 Å². The topological polar surface area (TPSA) is 30.7 Å². The standard InChI is InChI=1S/C12H17N3S/c1-9-5-6-13-15(9)7-11-14-10(8-16-11)12(2,3)4/h5-6,8H,7H2,1-4H3. The van der Waals surface area contributed by atoms with Gasteiger partial charge in [0, 0.05) is 22.7 Å². The van der Waals surface area contributed by atoms with Gasteiger partial charge in [-0.2, -0.15) is 5.10 Å². The summed E-state index contributed by atoms with van der Waals surface area (Å²) in [6.45, 7) is 9.39. The van der Waals surface area contributed by atoms with Gasteiger partial charge in [0.05, 0.1) is 12.2 Å². The molecule has 0 radical (unpaired) electrons. The summed E-state index contributed by atoms with van der Waals surface area (Å²) in [6.07, 6.45) is 1.83. The Morgan fingerprint density at radius 3 is 2.62 bits per heavy atom. The molecule has 2 aromatic rings. The Hall–Kier alpha value is -1.16. The highest BCUT2D eigenvalue weighted by Crippen LogP contribution is 2.24. The molecule has 2 heterocycles. The number of aryl methyl sites for hydroxylation is 1. The van der Waals surface area contributed by atoms with Crippen LogP contribution in [0.2, 0.25) is 0 Å². The Labute approximate surface area is 100 Å². The molecule has 0 atom stereocenters. The third-order valence-corrected chi connectivity index (χ3v) is 3.37. The van der Waals surface area contributed by atoms with Crippen LogP contribution in [0.3, 0.4) is 0 Å². The van der Waals surface area contributed by atoms with E-state index in [2.05, 4.69) is 43.2 Å². The number of hydrogen-bond donors (Lipinski definition) is 0. The molecule has 0 aliphatic rings. The van der Waals surface area contributed by atoms with Gasteiger partial charge >= 0.3 is 0 Å². The molecule has 0 aliphatic heterocycles. The molecular weight excluding hydrogens is 218 g/mol. The number of thiazole rings is 1. The number of rotatable bonds is 2. The molecule has 86 valence electrons. The average Bonchev–Trinajstić information content (AvgIpc) is 2.76. The SMILES string of the molecule is Cc1ccnn1Cc1nc(C(C)(C)C)cs1. The van der Waals surface area contributed by atoms with E-state index in [9.17, 15) is 0 Å². The lowest BCUT2D eigenvalue weighted by Gasteiger charge is -2.14. The maximum atomic E-state index is 4.66. The molecule has 16 heavy (non-hydrogen) atoms. The van der Waals surface area contributed by atoms with Crippen LogP contribution in [0, 0.1) is 6.92 Å². The summed E-state index contributed by atoms with van der Waals surface area (Å²) >= 11 is 1.71. The van der Waals surface area contributed by atoms with Crippen molar-refractivity contribution >= 4 is 11.3 Å². The van der Waals surface area contributed by atoms with Gasteiger partial charge in [0.25, 0.3) is 0 Å². The molecule has 0 saturated carbocycles. The molecule has 2 rings (SSSR count). The second kappa shape index (κ2) is 4.01. The van der Waals surface area contributed by atoms with Gasteiger partial charge in [-0.3, -0.25) is 4.68 Å². The van der Waals surface area contributed by atoms with Crippen molar-refractivity contribution in [3.8, 4) is 0 Å². The molecule has 0 aliphatic carbocycles. The normalized spacial score (nSPS) is 12.0. The van der Waals surface area contributed by atoms with Crippen LogP contribution in [0.5, 0.6) is 0 Å². The minimum absolute atomic E-state index is 0.133. The smallest absolute Gasteiger partial charge is 0.114 e. The van der Waals surface area contributed by atoms with Gasteiger partial charge in [-0.25, -0.2) is 4.98 Å². The monoisotopic (exact) mass is 235 g/mol. The minimum Gasteiger partial charge on any atom is -0.263 e. The Bertz CT molecular complexity index is 476. The quantitative estimate of drug-likeness (QED) is 0.801. The lowest BCUT2D eigenvalue weighted by atomic mass is 9.93. The van der Waals surface area contributed by atoms with Crippen molar-refractivity contribution in [1.82, 2.24) is 14.8 Å². The average molecular weight is 235 g/mol. The zero-order valence-electron chi connectivity index (χ0n) is 10.2.